The molecule has 10 heteroatoms. The highest BCUT2D eigenvalue weighted by Gasteiger charge is 2.38. The average molecular weight is 570 g/mol. The third kappa shape index (κ3) is 5.26. The van der Waals surface area contributed by atoms with Gasteiger partial charge in [-0.15, -0.1) is 11.3 Å². The van der Waals surface area contributed by atoms with E-state index in [9.17, 15) is 13.2 Å². The summed E-state index contributed by atoms with van der Waals surface area (Å²) in [7, 11) is -3.87. The standard InChI is InChI=1S/C25H23Cl3N2O3S2/c26-17-3-6-19(7-4-17)35(32,33)29(14-16-1-2-16)15-24(31)30-11-9-23-21(10-12-34-23)25(30)20-8-5-18(27)13-22(20)28/h3-8,10,12-13,16,25H,1-2,9,11,14-15H2/t25-/m0/s1. The minimum Gasteiger partial charge on any atom is -0.330 e. The molecule has 0 bridgehead atoms. The Morgan fingerprint density at radius 3 is 2.40 bits per heavy atom. The normalized spacial score (nSPS) is 18.1. The van der Waals surface area contributed by atoms with Crippen LogP contribution in [-0.2, 0) is 21.2 Å². The summed E-state index contributed by atoms with van der Waals surface area (Å²) >= 11 is 20.3. The highest BCUT2D eigenvalue weighted by Crippen LogP contribution is 2.41. The Hall–Kier alpha value is -1.61. The van der Waals surface area contributed by atoms with E-state index >= 15 is 0 Å². The summed E-state index contributed by atoms with van der Waals surface area (Å²) in [4.78, 5) is 16.9. The first-order valence-corrected chi connectivity index (χ1v) is 14.8. The number of nitrogens with zero attached hydrogens (tertiary/aromatic N) is 2. The molecule has 35 heavy (non-hydrogen) atoms. The Labute approximate surface area is 224 Å². The van der Waals surface area contributed by atoms with Crippen molar-refractivity contribution in [1.82, 2.24) is 9.21 Å². The van der Waals surface area contributed by atoms with Gasteiger partial charge in [-0.3, -0.25) is 4.79 Å². The number of halogens is 3. The van der Waals surface area contributed by atoms with Crippen molar-refractivity contribution < 1.29 is 13.2 Å². The van der Waals surface area contributed by atoms with Crippen molar-refractivity contribution >= 4 is 62.1 Å². The number of benzene rings is 2. The van der Waals surface area contributed by atoms with Crippen molar-refractivity contribution in [2.75, 3.05) is 19.6 Å². The molecule has 0 saturated heterocycles. The van der Waals surface area contributed by atoms with Gasteiger partial charge in [0.1, 0.15) is 0 Å². The van der Waals surface area contributed by atoms with Gasteiger partial charge in [-0.25, -0.2) is 8.42 Å². The summed E-state index contributed by atoms with van der Waals surface area (Å²) in [5.41, 5.74) is 1.80. The van der Waals surface area contributed by atoms with Crippen LogP contribution in [0.15, 0.2) is 58.8 Å². The zero-order valence-electron chi connectivity index (χ0n) is 18.7. The van der Waals surface area contributed by atoms with Crippen molar-refractivity contribution in [3.63, 3.8) is 0 Å². The fourth-order valence-corrected chi connectivity index (χ4v) is 7.48. The van der Waals surface area contributed by atoms with E-state index in [1.54, 1.807) is 40.5 Å². The van der Waals surface area contributed by atoms with Gasteiger partial charge in [0.15, 0.2) is 0 Å². The van der Waals surface area contributed by atoms with Crippen molar-refractivity contribution in [2.24, 2.45) is 5.92 Å². The molecule has 2 aromatic carbocycles. The molecule has 5 nitrogen and oxygen atoms in total. The number of hydrogen-bond donors (Lipinski definition) is 0. The molecule has 1 aliphatic carbocycles. The highest BCUT2D eigenvalue weighted by molar-refractivity contribution is 7.89. The molecular weight excluding hydrogens is 547 g/mol. The molecule has 3 aromatic rings. The van der Waals surface area contributed by atoms with Crippen molar-refractivity contribution in [3.8, 4) is 0 Å². The van der Waals surface area contributed by atoms with Crippen LogP contribution in [0.5, 0.6) is 0 Å². The second kappa shape index (κ2) is 10.0. The Morgan fingerprint density at radius 2 is 1.71 bits per heavy atom. The first kappa shape index (κ1) is 25.1. The second-order valence-electron chi connectivity index (χ2n) is 8.90. The van der Waals surface area contributed by atoms with Crippen LogP contribution in [0.3, 0.4) is 0 Å². The molecule has 2 aliphatic rings. The van der Waals surface area contributed by atoms with Crippen LogP contribution in [0.1, 0.15) is 34.9 Å². The van der Waals surface area contributed by atoms with E-state index in [1.807, 2.05) is 17.5 Å². The Morgan fingerprint density at radius 1 is 1.00 bits per heavy atom. The first-order valence-electron chi connectivity index (χ1n) is 11.3. The SMILES string of the molecule is O=C(CN(CC1CC1)S(=O)(=O)c1ccc(Cl)cc1)N1CCc2sccc2[C@@H]1c1ccc(Cl)cc1Cl. The molecule has 2 heterocycles. The summed E-state index contributed by atoms with van der Waals surface area (Å²) < 4.78 is 28.3. The van der Waals surface area contributed by atoms with Crippen LogP contribution in [0.2, 0.25) is 15.1 Å². The van der Waals surface area contributed by atoms with Crippen LogP contribution < -0.4 is 0 Å². The largest absolute Gasteiger partial charge is 0.330 e. The smallest absolute Gasteiger partial charge is 0.243 e. The van der Waals surface area contributed by atoms with E-state index in [1.165, 1.54) is 21.3 Å². The molecule has 1 fully saturated rings. The summed E-state index contributed by atoms with van der Waals surface area (Å²) in [6.07, 6.45) is 2.64. The molecule has 0 unspecified atom stereocenters. The molecule has 0 N–H and O–H groups in total. The Bertz CT molecular complexity index is 1350. The maximum absolute atomic E-state index is 13.8. The molecule has 1 aromatic heterocycles. The van der Waals surface area contributed by atoms with Gasteiger partial charge < -0.3 is 4.90 Å². The maximum Gasteiger partial charge on any atom is 0.243 e. The molecule has 0 spiro atoms. The van der Waals surface area contributed by atoms with Crippen LogP contribution in [0.4, 0.5) is 0 Å². The number of carbonyl (C=O) groups excluding carboxylic acids is 1. The minimum atomic E-state index is -3.87. The first-order chi connectivity index (χ1) is 16.7. The topological polar surface area (TPSA) is 57.7 Å². The van der Waals surface area contributed by atoms with E-state index in [-0.39, 0.29) is 23.3 Å². The van der Waals surface area contributed by atoms with Gasteiger partial charge in [0.2, 0.25) is 15.9 Å². The molecule has 1 aliphatic heterocycles. The molecule has 1 amide bonds. The third-order valence-corrected chi connectivity index (χ3v) is 10.1. The van der Waals surface area contributed by atoms with Crippen LogP contribution >= 0.6 is 46.1 Å². The molecule has 1 saturated carbocycles. The molecular formula is C25H23Cl3N2O3S2. The number of fused-ring (bicyclic) bond motifs is 1. The average Bonchev–Trinajstić information content (AvgIpc) is 3.51. The van der Waals surface area contributed by atoms with Crippen LogP contribution in [0, 0.1) is 5.92 Å². The summed E-state index contributed by atoms with van der Waals surface area (Å²) in [6, 6.07) is 13.0. The lowest BCUT2D eigenvalue weighted by Gasteiger charge is -2.38. The van der Waals surface area contributed by atoms with Gasteiger partial charge in [0, 0.05) is 33.0 Å². The zero-order valence-corrected chi connectivity index (χ0v) is 22.6. The van der Waals surface area contributed by atoms with Gasteiger partial charge in [-0.05, 0) is 84.2 Å². The number of rotatable bonds is 7. The van der Waals surface area contributed by atoms with Crippen LogP contribution in [0.25, 0.3) is 0 Å². The lowest BCUT2D eigenvalue weighted by molar-refractivity contribution is -0.133. The summed E-state index contributed by atoms with van der Waals surface area (Å²) in [5, 5.41) is 3.46. The number of amides is 1. The van der Waals surface area contributed by atoms with E-state index in [0.29, 0.717) is 34.6 Å². The predicted octanol–water partition coefficient (Wildman–Crippen LogP) is 6.28. The fourth-order valence-electron chi connectivity index (χ4n) is 4.48. The predicted molar refractivity (Wildman–Crippen MR) is 141 cm³/mol. The molecule has 1 atom stereocenters. The monoisotopic (exact) mass is 568 g/mol. The lowest BCUT2D eigenvalue weighted by Crippen LogP contribution is -2.47. The number of thiophene rings is 1. The number of sulfonamides is 1. The van der Waals surface area contributed by atoms with E-state index in [2.05, 4.69) is 0 Å². The highest BCUT2D eigenvalue weighted by atomic mass is 35.5. The van der Waals surface area contributed by atoms with Crippen molar-refractivity contribution in [1.29, 1.82) is 0 Å². The van der Waals surface area contributed by atoms with Gasteiger partial charge in [-0.1, -0.05) is 40.9 Å². The van der Waals surface area contributed by atoms with E-state index in [0.717, 1.165) is 24.0 Å². The van der Waals surface area contributed by atoms with E-state index in [4.69, 9.17) is 34.8 Å². The number of carbonyl (C=O) groups is 1. The fraction of sp³-hybridized carbons (Fsp3) is 0.320. The van der Waals surface area contributed by atoms with E-state index < -0.39 is 16.1 Å². The maximum atomic E-state index is 13.8. The molecule has 184 valence electrons. The van der Waals surface area contributed by atoms with Gasteiger partial charge in [0.25, 0.3) is 0 Å². The Balaban J connectivity index is 1.47. The quantitative estimate of drug-likeness (QED) is 0.336. The van der Waals surface area contributed by atoms with Gasteiger partial charge in [0.05, 0.1) is 17.5 Å². The molecule has 5 rings (SSSR count). The third-order valence-electron chi connectivity index (χ3n) is 6.47. The Kier molecular flexibility index (Phi) is 7.19. The van der Waals surface area contributed by atoms with Gasteiger partial charge >= 0.3 is 0 Å². The lowest BCUT2D eigenvalue weighted by atomic mass is 9.93. The van der Waals surface area contributed by atoms with Gasteiger partial charge in [-0.2, -0.15) is 4.31 Å². The minimum absolute atomic E-state index is 0.131. The zero-order chi connectivity index (χ0) is 24.7. The van der Waals surface area contributed by atoms with Crippen molar-refractivity contribution in [2.45, 2.75) is 30.2 Å². The summed E-state index contributed by atoms with van der Waals surface area (Å²) in [5.74, 6) is 0.0206. The second-order valence-corrected chi connectivity index (χ2v) is 13.1. The number of hydrogen-bond acceptors (Lipinski definition) is 4. The molecule has 0 radical (unpaired) electrons. The van der Waals surface area contributed by atoms with Crippen molar-refractivity contribution in [3.05, 3.63) is 85.0 Å². The summed E-state index contributed by atoms with van der Waals surface area (Å²) in [6.45, 7) is 0.567. The van der Waals surface area contributed by atoms with Crippen LogP contribution in [-0.4, -0.2) is 43.2 Å².